The maximum absolute atomic E-state index is 13.6. The number of amides is 1. The molecule has 1 aromatic carbocycles. The molecule has 1 unspecified atom stereocenters. The normalized spacial score (nSPS) is 19.5. The van der Waals surface area contributed by atoms with Gasteiger partial charge < -0.3 is 14.5 Å². The van der Waals surface area contributed by atoms with Crippen molar-refractivity contribution in [1.29, 1.82) is 0 Å². The van der Waals surface area contributed by atoms with Gasteiger partial charge in [-0.3, -0.25) is 4.79 Å². The van der Waals surface area contributed by atoms with Gasteiger partial charge in [-0.25, -0.2) is 8.78 Å². The van der Waals surface area contributed by atoms with E-state index in [4.69, 9.17) is 0 Å². The molecule has 4 nitrogen and oxygen atoms in total. The Bertz CT molecular complexity index is 459. The van der Waals surface area contributed by atoms with Gasteiger partial charge in [-0.15, -0.1) is 0 Å². The predicted octanol–water partition coefficient (Wildman–Crippen LogP) is 1.64. The summed E-state index contributed by atoms with van der Waals surface area (Å²) in [6.45, 7) is 3.54. The van der Waals surface area contributed by atoms with E-state index in [1.807, 2.05) is 11.8 Å². The van der Waals surface area contributed by atoms with Crippen molar-refractivity contribution < 1.29 is 18.3 Å². The Morgan fingerprint density at radius 1 is 1.32 bits per heavy atom. The first kappa shape index (κ1) is 13.6. The van der Waals surface area contributed by atoms with Gasteiger partial charge in [0.15, 0.2) is 17.4 Å². The lowest BCUT2D eigenvalue weighted by Crippen LogP contribution is -2.51. The molecule has 1 fully saturated rings. The fourth-order valence-electron chi connectivity index (χ4n) is 2.29. The summed E-state index contributed by atoms with van der Waals surface area (Å²) in [6.07, 6.45) is 0.803. The number of halogens is 2. The third-order valence-electron chi connectivity index (χ3n) is 3.37. The van der Waals surface area contributed by atoms with Crippen LogP contribution >= 0.6 is 0 Å². The van der Waals surface area contributed by atoms with Crippen molar-refractivity contribution in [1.82, 2.24) is 4.90 Å². The van der Waals surface area contributed by atoms with E-state index < -0.39 is 11.6 Å². The summed E-state index contributed by atoms with van der Waals surface area (Å²) < 4.78 is 31.9. The fraction of sp³-hybridized carbons (Fsp3) is 0.462. The van der Waals surface area contributed by atoms with Gasteiger partial charge in [0.2, 0.25) is 6.41 Å². The lowest BCUT2D eigenvalue weighted by atomic mass is 10.1. The Hall–Kier alpha value is -1.85. The molecule has 6 heteroatoms. The van der Waals surface area contributed by atoms with E-state index in [2.05, 4.69) is 4.74 Å². The molecule has 1 saturated heterocycles. The van der Waals surface area contributed by atoms with Crippen LogP contribution in [0, 0.1) is 11.6 Å². The quantitative estimate of drug-likeness (QED) is 0.783. The zero-order valence-corrected chi connectivity index (χ0v) is 10.9. The highest BCUT2D eigenvalue weighted by Gasteiger charge is 2.24. The van der Waals surface area contributed by atoms with Crippen molar-refractivity contribution in [3.8, 4) is 5.75 Å². The number of hydrogen-bond acceptors (Lipinski definition) is 3. The molecule has 1 aliphatic heterocycles. The maximum atomic E-state index is 13.6. The third-order valence-corrected chi connectivity index (χ3v) is 3.37. The van der Waals surface area contributed by atoms with Crippen LogP contribution in [0.1, 0.15) is 6.92 Å². The second-order valence-corrected chi connectivity index (χ2v) is 4.58. The molecule has 0 N–H and O–H groups in total. The van der Waals surface area contributed by atoms with Crippen LogP contribution < -0.4 is 9.64 Å². The van der Waals surface area contributed by atoms with Gasteiger partial charge in [0.25, 0.3) is 0 Å². The van der Waals surface area contributed by atoms with E-state index >= 15 is 0 Å². The molecule has 0 aliphatic carbocycles. The topological polar surface area (TPSA) is 32.8 Å². The summed E-state index contributed by atoms with van der Waals surface area (Å²) in [6, 6.07) is 2.52. The van der Waals surface area contributed by atoms with E-state index in [1.165, 1.54) is 19.2 Å². The number of hydrogen-bond donors (Lipinski definition) is 0. The lowest BCUT2D eigenvalue weighted by molar-refractivity contribution is -0.120. The van der Waals surface area contributed by atoms with Gasteiger partial charge >= 0.3 is 0 Å². The number of carbonyl (C=O) groups excluding carboxylic acids is 1. The molecule has 0 aromatic heterocycles. The van der Waals surface area contributed by atoms with Gasteiger partial charge in [0.05, 0.1) is 7.11 Å². The molecular formula is C13H16F2N2O2. The van der Waals surface area contributed by atoms with Crippen LogP contribution in [-0.4, -0.2) is 44.1 Å². The van der Waals surface area contributed by atoms with Crippen LogP contribution in [-0.2, 0) is 4.79 Å². The van der Waals surface area contributed by atoms with Crippen molar-refractivity contribution in [2.75, 3.05) is 31.6 Å². The number of nitrogens with zero attached hydrogens (tertiary/aromatic N) is 2. The van der Waals surface area contributed by atoms with Crippen molar-refractivity contribution in [3.05, 3.63) is 23.8 Å². The van der Waals surface area contributed by atoms with Gasteiger partial charge in [-0.05, 0) is 6.92 Å². The molecule has 104 valence electrons. The van der Waals surface area contributed by atoms with E-state index in [9.17, 15) is 13.6 Å². The van der Waals surface area contributed by atoms with Gasteiger partial charge in [0.1, 0.15) is 0 Å². The van der Waals surface area contributed by atoms with Gasteiger partial charge in [0, 0.05) is 43.5 Å². The molecule has 1 amide bonds. The van der Waals surface area contributed by atoms with Crippen molar-refractivity contribution in [2.45, 2.75) is 13.0 Å². The molecule has 1 atom stereocenters. The third kappa shape index (κ3) is 2.62. The summed E-state index contributed by atoms with van der Waals surface area (Å²) in [4.78, 5) is 14.3. The predicted molar refractivity (Wildman–Crippen MR) is 67.4 cm³/mol. The lowest BCUT2D eigenvalue weighted by Gasteiger charge is -2.39. The SMILES string of the molecule is COc1c(F)cc(N2CCN(C=O)C(C)C2)cc1F. The first-order valence-corrected chi connectivity index (χ1v) is 6.06. The molecule has 1 aromatic rings. The number of anilines is 1. The number of benzene rings is 1. The second-order valence-electron chi connectivity index (χ2n) is 4.58. The number of piperazine rings is 1. The van der Waals surface area contributed by atoms with Crippen molar-refractivity contribution in [2.24, 2.45) is 0 Å². The van der Waals surface area contributed by atoms with Crippen LogP contribution in [0.15, 0.2) is 12.1 Å². The van der Waals surface area contributed by atoms with Gasteiger partial charge in [-0.1, -0.05) is 0 Å². The first-order valence-electron chi connectivity index (χ1n) is 6.06. The van der Waals surface area contributed by atoms with E-state index in [-0.39, 0.29) is 11.8 Å². The van der Waals surface area contributed by atoms with Crippen LogP contribution in [0.5, 0.6) is 5.75 Å². The Morgan fingerprint density at radius 2 is 1.95 bits per heavy atom. The highest BCUT2D eigenvalue weighted by Crippen LogP contribution is 2.28. The van der Waals surface area contributed by atoms with Crippen LogP contribution in [0.25, 0.3) is 0 Å². The molecular weight excluding hydrogens is 254 g/mol. The zero-order valence-electron chi connectivity index (χ0n) is 10.9. The highest BCUT2D eigenvalue weighted by molar-refractivity contribution is 5.53. The van der Waals surface area contributed by atoms with Crippen molar-refractivity contribution in [3.63, 3.8) is 0 Å². The number of ether oxygens (including phenoxy) is 1. The molecule has 2 rings (SSSR count). The Morgan fingerprint density at radius 3 is 2.42 bits per heavy atom. The number of carbonyl (C=O) groups is 1. The molecule has 0 radical (unpaired) electrons. The number of methoxy groups -OCH3 is 1. The minimum absolute atomic E-state index is 0.0134. The summed E-state index contributed by atoms with van der Waals surface area (Å²) >= 11 is 0. The monoisotopic (exact) mass is 270 g/mol. The van der Waals surface area contributed by atoms with E-state index in [0.717, 1.165) is 6.41 Å². The fourth-order valence-corrected chi connectivity index (χ4v) is 2.29. The summed E-state index contributed by atoms with van der Waals surface area (Å²) in [5.74, 6) is -1.81. The first-order chi connectivity index (χ1) is 9.06. The Balaban J connectivity index is 2.22. The van der Waals surface area contributed by atoms with E-state index in [1.54, 1.807) is 4.90 Å². The zero-order chi connectivity index (χ0) is 14.0. The summed E-state index contributed by atoms with van der Waals surface area (Å²) in [5.41, 5.74) is 0.466. The second kappa shape index (κ2) is 5.42. The molecule has 19 heavy (non-hydrogen) atoms. The van der Waals surface area contributed by atoms with Crippen molar-refractivity contribution >= 4 is 12.1 Å². The molecule has 0 saturated carbocycles. The largest absolute Gasteiger partial charge is 0.491 e. The maximum Gasteiger partial charge on any atom is 0.210 e. The van der Waals surface area contributed by atoms with Crippen LogP contribution in [0.2, 0.25) is 0 Å². The van der Waals surface area contributed by atoms with Gasteiger partial charge in [-0.2, -0.15) is 0 Å². The Labute approximate surface area is 110 Å². The smallest absolute Gasteiger partial charge is 0.210 e. The highest BCUT2D eigenvalue weighted by atomic mass is 19.1. The molecule has 0 bridgehead atoms. The summed E-state index contributed by atoms with van der Waals surface area (Å²) in [5, 5.41) is 0. The average molecular weight is 270 g/mol. The minimum Gasteiger partial charge on any atom is -0.491 e. The molecule has 1 heterocycles. The molecule has 1 aliphatic rings. The van der Waals surface area contributed by atoms with Crippen LogP contribution in [0.4, 0.5) is 14.5 Å². The van der Waals surface area contributed by atoms with Crippen LogP contribution in [0.3, 0.4) is 0 Å². The summed E-state index contributed by atoms with van der Waals surface area (Å²) in [7, 11) is 1.23. The van der Waals surface area contributed by atoms with E-state index in [0.29, 0.717) is 25.3 Å². The Kier molecular flexibility index (Phi) is 3.87. The average Bonchev–Trinajstić information content (AvgIpc) is 2.38. The molecule has 0 spiro atoms. The minimum atomic E-state index is -0.719. The standard InChI is InChI=1S/C13H16F2N2O2/c1-9-7-16(3-4-17(9)8-18)10-5-11(14)13(19-2)12(15)6-10/h5-6,8-9H,3-4,7H2,1-2H3. The number of rotatable bonds is 3.